The highest BCUT2D eigenvalue weighted by molar-refractivity contribution is 5.06. The molecule has 0 saturated heterocycles. The van der Waals surface area contributed by atoms with Crippen molar-refractivity contribution in [2.24, 2.45) is 11.7 Å². The summed E-state index contributed by atoms with van der Waals surface area (Å²) in [5.74, 6) is 0.561. The van der Waals surface area contributed by atoms with Crippen LogP contribution in [-0.2, 0) is 6.54 Å². The lowest BCUT2D eigenvalue weighted by Crippen LogP contribution is -2.40. The number of nitrogens with two attached hydrogens (primary N) is 1. The molecule has 1 unspecified atom stereocenters. The van der Waals surface area contributed by atoms with Crippen LogP contribution in [0.15, 0.2) is 10.9 Å². The van der Waals surface area contributed by atoms with Gasteiger partial charge in [-0.1, -0.05) is 19.3 Å². The molecule has 18 heavy (non-hydrogen) atoms. The molecule has 4 nitrogen and oxygen atoms in total. The molecular formula is C14H23N3O. The predicted octanol–water partition coefficient (Wildman–Crippen LogP) is 1.77. The summed E-state index contributed by atoms with van der Waals surface area (Å²) in [4.78, 5) is 15.9. The molecule has 0 aromatic carbocycles. The molecule has 0 radical (unpaired) electrons. The second-order valence-electron chi connectivity index (χ2n) is 5.49. The molecule has 0 spiro atoms. The van der Waals surface area contributed by atoms with Crippen LogP contribution < -0.4 is 11.4 Å². The van der Waals surface area contributed by atoms with Crippen LogP contribution in [0.25, 0.3) is 0 Å². The van der Waals surface area contributed by atoms with Gasteiger partial charge >= 0.3 is 5.69 Å². The van der Waals surface area contributed by atoms with Crippen LogP contribution >= 0.6 is 0 Å². The van der Waals surface area contributed by atoms with E-state index in [0.29, 0.717) is 12.5 Å². The van der Waals surface area contributed by atoms with Gasteiger partial charge in [0.05, 0.1) is 0 Å². The van der Waals surface area contributed by atoms with Crippen LogP contribution in [0.4, 0.5) is 0 Å². The summed E-state index contributed by atoms with van der Waals surface area (Å²) >= 11 is 0. The van der Waals surface area contributed by atoms with Gasteiger partial charge in [0.15, 0.2) is 0 Å². The molecule has 1 heterocycles. The number of rotatable bonds is 3. The summed E-state index contributed by atoms with van der Waals surface area (Å²) < 4.78 is 1.71. The SMILES string of the molecule is Cc1cc(C)n(CC(N)C2CCCCC2)c(=O)n1. The van der Waals surface area contributed by atoms with Crippen molar-refractivity contribution in [3.63, 3.8) is 0 Å². The van der Waals surface area contributed by atoms with Crippen LogP contribution in [0, 0.1) is 19.8 Å². The van der Waals surface area contributed by atoms with Crippen molar-refractivity contribution in [2.75, 3.05) is 0 Å². The first kappa shape index (κ1) is 13.3. The molecule has 2 N–H and O–H groups in total. The monoisotopic (exact) mass is 249 g/mol. The van der Waals surface area contributed by atoms with Gasteiger partial charge in [-0.2, -0.15) is 4.98 Å². The Balaban J connectivity index is 2.11. The molecule has 1 atom stereocenters. The molecule has 4 heteroatoms. The van der Waals surface area contributed by atoms with E-state index in [1.165, 1.54) is 32.1 Å². The zero-order valence-electron chi connectivity index (χ0n) is 11.4. The lowest BCUT2D eigenvalue weighted by molar-refractivity contribution is 0.281. The summed E-state index contributed by atoms with van der Waals surface area (Å²) in [6.45, 7) is 4.39. The van der Waals surface area contributed by atoms with Gasteiger partial charge in [0.2, 0.25) is 0 Å². The minimum absolute atomic E-state index is 0.0752. The van der Waals surface area contributed by atoms with Gasteiger partial charge < -0.3 is 5.73 Å². The Morgan fingerprint density at radius 1 is 1.39 bits per heavy atom. The number of nitrogens with zero attached hydrogens (tertiary/aromatic N) is 2. The highest BCUT2D eigenvalue weighted by Gasteiger charge is 2.21. The van der Waals surface area contributed by atoms with Gasteiger partial charge in [0.25, 0.3) is 0 Å². The topological polar surface area (TPSA) is 60.9 Å². The Bertz CT molecular complexity index is 461. The van der Waals surface area contributed by atoms with E-state index in [2.05, 4.69) is 4.98 Å². The molecule has 1 saturated carbocycles. The smallest absolute Gasteiger partial charge is 0.326 e. The highest BCUT2D eigenvalue weighted by Crippen LogP contribution is 2.26. The first-order valence-corrected chi connectivity index (χ1v) is 6.88. The fraction of sp³-hybridized carbons (Fsp3) is 0.714. The fourth-order valence-electron chi connectivity index (χ4n) is 2.92. The van der Waals surface area contributed by atoms with Gasteiger partial charge in [-0.3, -0.25) is 4.57 Å². The third-order valence-electron chi connectivity index (χ3n) is 4.00. The quantitative estimate of drug-likeness (QED) is 0.888. The molecule has 0 amide bonds. The second kappa shape index (κ2) is 5.65. The maximum atomic E-state index is 11.9. The maximum Gasteiger partial charge on any atom is 0.348 e. The molecule has 1 aromatic rings. The largest absolute Gasteiger partial charge is 0.348 e. The van der Waals surface area contributed by atoms with Crippen molar-refractivity contribution >= 4 is 0 Å². The maximum absolute atomic E-state index is 11.9. The van der Waals surface area contributed by atoms with E-state index in [1.807, 2.05) is 19.9 Å². The van der Waals surface area contributed by atoms with Gasteiger partial charge in [-0.05, 0) is 38.7 Å². The Kier molecular flexibility index (Phi) is 4.17. The van der Waals surface area contributed by atoms with Crippen molar-refractivity contribution < 1.29 is 0 Å². The van der Waals surface area contributed by atoms with E-state index in [9.17, 15) is 4.79 Å². The van der Waals surface area contributed by atoms with Crippen molar-refractivity contribution in [3.05, 3.63) is 27.9 Å². The van der Waals surface area contributed by atoms with E-state index in [-0.39, 0.29) is 11.7 Å². The Morgan fingerprint density at radius 3 is 2.67 bits per heavy atom. The standard InChI is InChI=1S/C14H23N3O/c1-10-8-11(2)17(14(18)16-10)9-13(15)12-6-4-3-5-7-12/h8,12-13H,3-7,9,15H2,1-2H3. The molecular weight excluding hydrogens is 226 g/mol. The zero-order valence-corrected chi connectivity index (χ0v) is 11.4. The van der Waals surface area contributed by atoms with E-state index in [4.69, 9.17) is 5.73 Å². The Morgan fingerprint density at radius 2 is 2.06 bits per heavy atom. The van der Waals surface area contributed by atoms with Crippen LogP contribution in [0.2, 0.25) is 0 Å². The lowest BCUT2D eigenvalue weighted by Gasteiger charge is -2.28. The van der Waals surface area contributed by atoms with E-state index in [0.717, 1.165) is 11.4 Å². The predicted molar refractivity (Wildman–Crippen MR) is 72.5 cm³/mol. The van der Waals surface area contributed by atoms with Gasteiger partial charge in [-0.25, -0.2) is 4.79 Å². The molecule has 1 aliphatic rings. The van der Waals surface area contributed by atoms with Crippen molar-refractivity contribution in [1.82, 2.24) is 9.55 Å². The molecule has 0 bridgehead atoms. The molecule has 100 valence electrons. The molecule has 1 fully saturated rings. The number of aromatic nitrogens is 2. The average molecular weight is 249 g/mol. The molecule has 1 aliphatic carbocycles. The first-order chi connectivity index (χ1) is 8.58. The van der Waals surface area contributed by atoms with E-state index >= 15 is 0 Å². The highest BCUT2D eigenvalue weighted by atomic mass is 16.1. The second-order valence-corrected chi connectivity index (χ2v) is 5.49. The normalized spacial score (nSPS) is 18.8. The van der Waals surface area contributed by atoms with Crippen molar-refractivity contribution in [3.8, 4) is 0 Å². The first-order valence-electron chi connectivity index (χ1n) is 6.88. The number of hydrogen-bond acceptors (Lipinski definition) is 3. The van der Waals surface area contributed by atoms with Crippen LogP contribution in [-0.4, -0.2) is 15.6 Å². The Hall–Kier alpha value is -1.16. The van der Waals surface area contributed by atoms with Crippen LogP contribution in [0.3, 0.4) is 0 Å². The van der Waals surface area contributed by atoms with Gasteiger partial charge in [0, 0.05) is 24.0 Å². The summed E-state index contributed by atoms with van der Waals surface area (Å²) in [6, 6.07) is 2.01. The average Bonchev–Trinajstić information content (AvgIpc) is 2.34. The molecule has 1 aromatic heterocycles. The Labute approximate surface area is 108 Å². The van der Waals surface area contributed by atoms with Crippen LogP contribution in [0.5, 0.6) is 0 Å². The van der Waals surface area contributed by atoms with E-state index < -0.39 is 0 Å². The summed E-state index contributed by atoms with van der Waals surface area (Å²) in [5.41, 5.74) is 7.84. The minimum Gasteiger partial charge on any atom is -0.326 e. The fourth-order valence-corrected chi connectivity index (χ4v) is 2.92. The summed E-state index contributed by atoms with van der Waals surface area (Å²) in [5, 5.41) is 0. The third kappa shape index (κ3) is 2.99. The number of aryl methyl sites for hydroxylation is 2. The van der Waals surface area contributed by atoms with Crippen molar-refractivity contribution in [1.29, 1.82) is 0 Å². The van der Waals surface area contributed by atoms with Crippen LogP contribution in [0.1, 0.15) is 43.5 Å². The lowest BCUT2D eigenvalue weighted by atomic mass is 9.84. The summed E-state index contributed by atoms with van der Waals surface area (Å²) in [6.07, 6.45) is 6.29. The van der Waals surface area contributed by atoms with Gasteiger partial charge in [-0.15, -0.1) is 0 Å². The molecule has 0 aliphatic heterocycles. The van der Waals surface area contributed by atoms with E-state index in [1.54, 1.807) is 4.57 Å². The minimum atomic E-state index is -0.168. The third-order valence-corrected chi connectivity index (χ3v) is 4.00. The number of hydrogen-bond donors (Lipinski definition) is 1. The van der Waals surface area contributed by atoms with Crippen molar-refractivity contribution in [2.45, 2.75) is 58.5 Å². The zero-order chi connectivity index (χ0) is 13.1. The summed E-state index contributed by atoms with van der Waals surface area (Å²) in [7, 11) is 0. The van der Waals surface area contributed by atoms with Gasteiger partial charge in [0.1, 0.15) is 0 Å². The molecule has 2 rings (SSSR count).